The highest BCUT2D eigenvalue weighted by atomic mass is 35.5. The van der Waals surface area contributed by atoms with Crippen LogP contribution in [0.15, 0.2) is 47.4 Å². The van der Waals surface area contributed by atoms with Crippen LogP contribution >= 0.6 is 11.6 Å². The average Bonchev–Trinajstić information content (AvgIpc) is 2.63. The molecule has 1 aromatic heterocycles. The van der Waals surface area contributed by atoms with E-state index in [2.05, 4.69) is 5.32 Å². The maximum absolute atomic E-state index is 13.3. The molecule has 0 aliphatic rings. The number of halogens is 4. The van der Waals surface area contributed by atoms with E-state index in [9.17, 15) is 22.8 Å². The van der Waals surface area contributed by atoms with E-state index < -0.39 is 28.8 Å². The fourth-order valence-electron chi connectivity index (χ4n) is 2.98. The zero-order chi connectivity index (χ0) is 20.6. The number of nitrogens with zero attached hydrogens (tertiary/aromatic N) is 1. The molecule has 0 spiro atoms. The monoisotopic (exact) mass is 408 g/mol. The number of alkyl halides is 3. The van der Waals surface area contributed by atoms with Crippen LogP contribution in [0.2, 0.25) is 5.02 Å². The Morgan fingerprint density at radius 2 is 1.89 bits per heavy atom. The summed E-state index contributed by atoms with van der Waals surface area (Å²) in [5.74, 6) is -0.913. The van der Waals surface area contributed by atoms with Crippen molar-refractivity contribution in [3.63, 3.8) is 0 Å². The van der Waals surface area contributed by atoms with Gasteiger partial charge < -0.3 is 9.88 Å². The molecule has 0 fully saturated rings. The van der Waals surface area contributed by atoms with Crippen LogP contribution in [0.4, 0.5) is 18.9 Å². The number of carbonyl (C=O) groups excluding carboxylic acids is 1. The Morgan fingerprint density at radius 3 is 2.54 bits per heavy atom. The number of benzene rings is 2. The lowest BCUT2D eigenvalue weighted by molar-refractivity contribution is -0.136. The smallest absolute Gasteiger partial charge is 0.347 e. The van der Waals surface area contributed by atoms with Crippen LogP contribution in [0.5, 0.6) is 0 Å². The third-order valence-corrected chi connectivity index (χ3v) is 4.59. The normalized spacial score (nSPS) is 11.6. The number of anilines is 1. The summed E-state index contributed by atoms with van der Waals surface area (Å²) in [7, 11) is 0. The fourth-order valence-corrected chi connectivity index (χ4v) is 3.16. The van der Waals surface area contributed by atoms with Crippen molar-refractivity contribution in [3.05, 3.63) is 74.5 Å². The van der Waals surface area contributed by atoms with Gasteiger partial charge in [0.1, 0.15) is 5.56 Å². The molecule has 0 aliphatic heterocycles. The maximum Gasteiger partial charge on any atom is 0.418 e. The van der Waals surface area contributed by atoms with Crippen molar-refractivity contribution in [1.82, 2.24) is 4.57 Å². The van der Waals surface area contributed by atoms with Gasteiger partial charge in [0, 0.05) is 23.2 Å². The molecule has 0 atom stereocenters. The molecule has 3 rings (SSSR count). The number of hydrogen-bond donors (Lipinski definition) is 1. The van der Waals surface area contributed by atoms with Crippen molar-refractivity contribution in [2.45, 2.75) is 26.6 Å². The van der Waals surface area contributed by atoms with Crippen molar-refractivity contribution >= 4 is 34.1 Å². The van der Waals surface area contributed by atoms with E-state index in [1.807, 2.05) is 19.9 Å². The lowest BCUT2D eigenvalue weighted by Gasteiger charge is -2.15. The van der Waals surface area contributed by atoms with Gasteiger partial charge in [-0.25, -0.2) is 0 Å². The highest BCUT2D eigenvalue weighted by Gasteiger charge is 2.34. The Morgan fingerprint density at radius 1 is 1.18 bits per heavy atom. The van der Waals surface area contributed by atoms with E-state index >= 15 is 0 Å². The summed E-state index contributed by atoms with van der Waals surface area (Å²) in [6.45, 7) is 4.13. The van der Waals surface area contributed by atoms with E-state index in [1.54, 1.807) is 16.7 Å². The van der Waals surface area contributed by atoms with Crippen molar-refractivity contribution in [2.24, 2.45) is 0 Å². The summed E-state index contributed by atoms with van der Waals surface area (Å²) in [4.78, 5) is 25.5. The largest absolute Gasteiger partial charge is 0.418 e. The van der Waals surface area contributed by atoms with Gasteiger partial charge in [0.2, 0.25) is 5.43 Å². The molecule has 0 aliphatic carbocycles. The average molecular weight is 409 g/mol. The molecular formula is C20H16ClF3N2O2. The highest BCUT2D eigenvalue weighted by molar-refractivity contribution is 6.30. The van der Waals surface area contributed by atoms with Crippen molar-refractivity contribution in [2.75, 3.05) is 5.32 Å². The number of amides is 1. The number of nitrogens with one attached hydrogen (secondary N) is 1. The number of rotatable bonds is 3. The highest BCUT2D eigenvalue weighted by Crippen LogP contribution is 2.36. The first kappa shape index (κ1) is 19.9. The standard InChI is InChI=1S/C20H16ClF3N2O2/c1-3-26-10-14(18(27)13-8-11(2)4-7-17(13)26)19(28)25-16-6-5-12(21)9-15(16)20(22,23)24/h4-10H,3H2,1-2H3,(H,25,28). The fraction of sp³-hybridized carbons (Fsp3) is 0.200. The number of carbonyl (C=O) groups is 1. The van der Waals surface area contributed by atoms with Crippen LogP contribution in [0.1, 0.15) is 28.4 Å². The van der Waals surface area contributed by atoms with Crippen LogP contribution < -0.4 is 10.7 Å². The SMILES string of the molecule is CCn1cc(C(=O)Nc2ccc(Cl)cc2C(F)(F)F)c(=O)c2cc(C)ccc21. The Balaban J connectivity index is 2.11. The minimum Gasteiger partial charge on any atom is -0.347 e. The summed E-state index contributed by atoms with van der Waals surface area (Å²) in [5, 5.41) is 2.42. The second kappa shape index (κ2) is 7.31. The zero-order valence-electron chi connectivity index (χ0n) is 15.0. The Bertz CT molecular complexity index is 1140. The van der Waals surface area contributed by atoms with E-state index in [0.717, 1.165) is 17.7 Å². The molecule has 2 aromatic carbocycles. The van der Waals surface area contributed by atoms with E-state index in [1.165, 1.54) is 12.3 Å². The summed E-state index contributed by atoms with van der Waals surface area (Å²) >= 11 is 5.66. The van der Waals surface area contributed by atoms with E-state index in [4.69, 9.17) is 11.6 Å². The number of fused-ring (bicyclic) bond motifs is 1. The molecular weight excluding hydrogens is 393 g/mol. The molecule has 1 amide bonds. The van der Waals surface area contributed by atoms with Gasteiger partial charge in [-0.2, -0.15) is 13.2 Å². The Labute approximate surface area is 163 Å². The van der Waals surface area contributed by atoms with Crippen LogP contribution in [-0.4, -0.2) is 10.5 Å². The molecule has 0 saturated heterocycles. The lowest BCUT2D eigenvalue weighted by atomic mass is 10.1. The van der Waals surface area contributed by atoms with Gasteiger partial charge in [-0.3, -0.25) is 9.59 Å². The van der Waals surface area contributed by atoms with Gasteiger partial charge in [0.25, 0.3) is 5.91 Å². The van der Waals surface area contributed by atoms with E-state index in [-0.39, 0.29) is 10.6 Å². The van der Waals surface area contributed by atoms with E-state index in [0.29, 0.717) is 17.4 Å². The van der Waals surface area contributed by atoms with Crippen LogP contribution in [-0.2, 0) is 12.7 Å². The molecule has 0 bridgehead atoms. The summed E-state index contributed by atoms with van der Waals surface area (Å²) in [6, 6.07) is 8.30. The second-order valence-corrected chi connectivity index (χ2v) is 6.76. The predicted molar refractivity (Wildman–Crippen MR) is 103 cm³/mol. The quantitative estimate of drug-likeness (QED) is 0.643. The molecule has 1 heterocycles. The zero-order valence-corrected chi connectivity index (χ0v) is 15.8. The Kier molecular flexibility index (Phi) is 5.21. The van der Waals surface area contributed by atoms with Crippen molar-refractivity contribution in [3.8, 4) is 0 Å². The molecule has 3 aromatic rings. The molecule has 0 radical (unpaired) electrons. The first-order chi connectivity index (χ1) is 13.1. The van der Waals surface area contributed by atoms with Gasteiger partial charge in [0.15, 0.2) is 0 Å². The first-order valence-electron chi connectivity index (χ1n) is 8.43. The second-order valence-electron chi connectivity index (χ2n) is 6.32. The third-order valence-electron chi connectivity index (χ3n) is 4.36. The molecule has 28 heavy (non-hydrogen) atoms. The number of hydrogen-bond acceptors (Lipinski definition) is 2. The van der Waals surface area contributed by atoms with Gasteiger partial charge >= 0.3 is 6.18 Å². The number of aromatic nitrogens is 1. The molecule has 146 valence electrons. The van der Waals surface area contributed by atoms with Crippen LogP contribution in [0, 0.1) is 6.92 Å². The molecule has 4 nitrogen and oxygen atoms in total. The summed E-state index contributed by atoms with van der Waals surface area (Å²) in [5.41, 5.74) is -0.833. The van der Waals surface area contributed by atoms with Crippen LogP contribution in [0.3, 0.4) is 0 Å². The van der Waals surface area contributed by atoms with Gasteiger partial charge in [0.05, 0.1) is 16.8 Å². The minimum atomic E-state index is -4.71. The molecule has 8 heteroatoms. The molecule has 0 saturated carbocycles. The van der Waals surface area contributed by atoms with Gasteiger partial charge in [-0.1, -0.05) is 23.2 Å². The maximum atomic E-state index is 13.3. The predicted octanol–water partition coefficient (Wildman–Crippen LogP) is 5.25. The minimum absolute atomic E-state index is 0.111. The summed E-state index contributed by atoms with van der Waals surface area (Å²) in [6.07, 6.45) is -3.35. The topological polar surface area (TPSA) is 51.1 Å². The van der Waals surface area contributed by atoms with Crippen molar-refractivity contribution in [1.29, 1.82) is 0 Å². The summed E-state index contributed by atoms with van der Waals surface area (Å²) < 4.78 is 41.5. The number of pyridine rings is 1. The van der Waals surface area contributed by atoms with Gasteiger partial charge in [-0.05, 0) is 44.2 Å². The lowest BCUT2D eigenvalue weighted by Crippen LogP contribution is -2.25. The first-order valence-corrected chi connectivity index (χ1v) is 8.81. The number of aryl methyl sites for hydroxylation is 2. The van der Waals surface area contributed by atoms with Crippen LogP contribution in [0.25, 0.3) is 10.9 Å². The Hall–Kier alpha value is -2.80. The third kappa shape index (κ3) is 3.75. The van der Waals surface area contributed by atoms with Gasteiger partial charge in [-0.15, -0.1) is 0 Å². The molecule has 1 N–H and O–H groups in total. The van der Waals surface area contributed by atoms with Crippen molar-refractivity contribution < 1.29 is 18.0 Å². The molecule has 0 unspecified atom stereocenters.